The van der Waals surface area contributed by atoms with Crippen LogP contribution in [-0.2, 0) is 4.74 Å². The zero-order chi connectivity index (χ0) is 20.3. The van der Waals surface area contributed by atoms with Gasteiger partial charge in [-0.3, -0.25) is 4.98 Å². The van der Waals surface area contributed by atoms with Crippen LogP contribution in [0.15, 0.2) is 65.2 Å². The molecular formula is C20H24N2O4S2. The Hall–Kier alpha value is -1.71. The van der Waals surface area contributed by atoms with Crippen LogP contribution in [0, 0.1) is 0 Å². The molecule has 2 aromatic rings. The Morgan fingerprint density at radius 3 is 2.43 bits per heavy atom. The molecule has 0 radical (unpaired) electrons. The highest BCUT2D eigenvalue weighted by Crippen LogP contribution is 2.34. The molecule has 0 fully saturated rings. The van der Waals surface area contributed by atoms with Crippen LogP contribution in [0.25, 0.3) is 11.1 Å². The number of ether oxygens (including phenoxy) is 1. The second-order valence-electron chi connectivity index (χ2n) is 6.55. The molecule has 5 atom stereocenters. The number of aliphatic hydroxyl groups is 3. The van der Waals surface area contributed by atoms with Crippen molar-refractivity contribution in [1.29, 1.82) is 0 Å². The molecule has 8 heteroatoms. The van der Waals surface area contributed by atoms with E-state index in [1.165, 1.54) is 11.8 Å². The third-order valence-corrected chi connectivity index (χ3v) is 6.66. The van der Waals surface area contributed by atoms with Gasteiger partial charge in [-0.15, -0.1) is 23.5 Å². The lowest BCUT2D eigenvalue weighted by Gasteiger charge is -2.37. The molecule has 0 aliphatic carbocycles. The quantitative estimate of drug-likeness (QED) is 0.527. The summed E-state index contributed by atoms with van der Waals surface area (Å²) in [6.07, 6.45) is 3.14. The molecular weight excluding hydrogens is 396 g/mol. The lowest BCUT2D eigenvalue weighted by Crippen LogP contribution is -2.54. The number of rotatable bonds is 6. The van der Waals surface area contributed by atoms with E-state index in [4.69, 9.17) is 10.5 Å². The molecule has 2 unspecified atom stereocenters. The predicted molar refractivity (Wildman–Crippen MR) is 113 cm³/mol. The fourth-order valence-electron chi connectivity index (χ4n) is 3.00. The molecule has 0 bridgehead atoms. The lowest BCUT2D eigenvalue weighted by atomic mass is 9.99. The maximum absolute atomic E-state index is 10.3. The van der Waals surface area contributed by atoms with E-state index in [0.29, 0.717) is 0 Å². The summed E-state index contributed by atoms with van der Waals surface area (Å²) in [5, 5.41) is 30.0. The summed E-state index contributed by atoms with van der Waals surface area (Å²) in [6.45, 7) is 1.95. The lowest BCUT2D eigenvalue weighted by molar-refractivity contribution is -0.0822. The average molecular weight is 421 g/mol. The summed E-state index contributed by atoms with van der Waals surface area (Å²) in [5.41, 5.74) is 7.72. The molecule has 150 valence electrons. The van der Waals surface area contributed by atoms with Crippen molar-refractivity contribution in [2.24, 2.45) is 5.73 Å². The summed E-state index contributed by atoms with van der Waals surface area (Å²) in [6, 6.07) is 11.4. The van der Waals surface area contributed by atoms with Crippen LogP contribution >= 0.6 is 23.5 Å². The van der Waals surface area contributed by atoms with Crippen LogP contribution in [0.3, 0.4) is 0 Å². The molecule has 1 aromatic heterocycles. The van der Waals surface area contributed by atoms with Gasteiger partial charge in [-0.2, -0.15) is 0 Å². The zero-order valence-corrected chi connectivity index (χ0v) is 17.2. The summed E-state index contributed by atoms with van der Waals surface area (Å²) in [5.74, 6) is -0.821. The summed E-state index contributed by atoms with van der Waals surface area (Å²) < 4.78 is 5.73. The molecule has 1 aliphatic rings. The van der Waals surface area contributed by atoms with E-state index >= 15 is 0 Å². The molecule has 5 N–H and O–H groups in total. The first-order valence-corrected chi connectivity index (χ1v) is 11.0. The third kappa shape index (κ3) is 4.47. The van der Waals surface area contributed by atoms with Crippen LogP contribution in [0.5, 0.6) is 0 Å². The number of nitrogens with two attached hydrogens (primary N) is 1. The minimum absolute atomic E-state index is 0.0977. The number of aromatic nitrogens is 1. The SMILES string of the molecule is CSC1O[C@H]([C@H](N)[C@H](C)Sc2ccc(-c3cccnc3)cc2)C(O)C(O)=C1O. The topological polar surface area (TPSA) is 109 Å². The molecule has 3 rings (SSSR count). The Morgan fingerprint density at radius 2 is 1.82 bits per heavy atom. The second-order valence-corrected chi connectivity index (χ2v) is 8.90. The van der Waals surface area contributed by atoms with Crippen LogP contribution in [0.4, 0.5) is 0 Å². The van der Waals surface area contributed by atoms with E-state index < -0.39 is 29.4 Å². The summed E-state index contributed by atoms with van der Waals surface area (Å²) in [7, 11) is 0. The number of nitrogens with zero attached hydrogens (tertiary/aromatic N) is 1. The van der Waals surface area contributed by atoms with Gasteiger partial charge in [0.2, 0.25) is 0 Å². The molecule has 1 aromatic carbocycles. The fraction of sp³-hybridized carbons (Fsp3) is 0.350. The highest BCUT2D eigenvalue weighted by Gasteiger charge is 2.41. The van der Waals surface area contributed by atoms with Gasteiger partial charge in [-0.25, -0.2) is 0 Å². The van der Waals surface area contributed by atoms with E-state index in [9.17, 15) is 15.3 Å². The van der Waals surface area contributed by atoms with Crippen molar-refractivity contribution in [3.05, 3.63) is 60.3 Å². The molecule has 0 amide bonds. The van der Waals surface area contributed by atoms with E-state index in [1.807, 2.05) is 49.5 Å². The van der Waals surface area contributed by atoms with E-state index in [0.717, 1.165) is 16.0 Å². The van der Waals surface area contributed by atoms with Gasteiger partial charge < -0.3 is 25.8 Å². The van der Waals surface area contributed by atoms with Gasteiger partial charge in [-0.1, -0.05) is 25.1 Å². The van der Waals surface area contributed by atoms with Gasteiger partial charge in [0.05, 0.1) is 0 Å². The second kappa shape index (κ2) is 9.19. The summed E-state index contributed by atoms with van der Waals surface area (Å²) in [4.78, 5) is 5.17. The maximum atomic E-state index is 10.3. The number of hydrogen-bond acceptors (Lipinski definition) is 8. The Labute approximate surface area is 172 Å². The molecule has 0 spiro atoms. The number of thioether (sulfide) groups is 2. The van der Waals surface area contributed by atoms with Crippen molar-refractivity contribution in [2.45, 2.75) is 40.8 Å². The predicted octanol–water partition coefficient (Wildman–Crippen LogP) is 3.33. The normalized spacial score (nSPS) is 24.8. The van der Waals surface area contributed by atoms with Crippen molar-refractivity contribution in [3.63, 3.8) is 0 Å². The van der Waals surface area contributed by atoms with Gasteiger partial charge in [0.25, 0.3) is 0 Å². The van der Waals surface area contributed by atoms with Crippen LogP contribution < -0.4 is 5.73 Å². The third-order valence-electron chi connectivity index (χ3n) is 4.66. The maximum Gasteiger partial charge on any atom is 0.172 e. The van der Waals surface area contributed by atoms with Gasteiger partial charge >= 0.3 is 0 Å². The minimum atomic E-state index is -1.35. The summed E-state index contributed by atoms with van der Waals surface area (Å²) >= 11 is 2.79. The van der Waals surface area contributed by atoms with Gasteiger partial charge in [0, 0.05) is 28.6 Å². The molecule has 6 nitrogen and oxygen atoms in total. The highest BCUT2D eigenvalue weighted by atomic mass is 32.2. The van der Waals surface area contributed by atoms with E-state index in [2.05, 4.69) is 4.98 Å². The van der Waals surface area contributed by atoms with Crippen molar-refractivity contribution in [3.8, 4) is 11.1 Å². The standard InChI is InChI=1S/C20H24N2O4S2/c1-11(15(21)19-17(24)16(23)18(25)20(26-19)27-2)28-14-7-5-12(6-8-14)13-4-3-9-22-10-13/h3-11,15,17,19-20,23-25H,21H2,1-2H3/t11-,15+,17?,19+,20?/m0/s1. The molecule has 0 saturated carbocycles. The van der Waals surface area contributed by atoms with Crippen molar-refractivity contribution < 1.29 is 20.1 Å². The Balaban J connectivity index is 1.68. The number of aliphatic hydroxyl groups excluding tert-OH is 3. The van der Waals surface area contributed by atoms with E-state index in [-0.39, 0.29) is 11.0 Å². The smallest absolute Gasteiger partial charge is 0.172 e. The highest BCUT2D eigenvalue weighted by molar-refractivity contribution is 8.00. The first kappa shape index (κ1) is 21.0. The number of benzene rings is 1. The molecule has 1 aliphatic heterocycles. The first-order valence-electron chi connectivity index (χ1n) is 8.83. The molecule has 0 saturated heterocycles. The van der Waals surface area contributed by atoms with Crippen molar-refractivity contribution in [1.82, 2.24) is 4.98 Å². The van der Waals surface area contributed by atoms with Crippen molar-refractivity contribution >= 4 is 23.5 Å². The van der Waals surface area contributed by atoms with Crippen LogP contribution in [0.2, 0.25) is 0 Å². The zero-order valence-electron chi connectivity index (χ0n) is 15.6. The fourth-order valence-corrected chi connectivity index (χ4v) is 4.62. The Bertz CT molecular complexity index is 817. The minimum Gasteiger partial charge on any atom is -0.506 e. The van der Waals surface area contributed by atoms with Gasteiger partial charge in [-0.05, 0) is 35.6 Å². The van der Waals surface area contributed by atoms with Crippen LogP contribution in [-0.4, -0.2) is 55.5 Å². The molecule has 28 heavy (non-hydrogen) atoms. The van der Waals surface area contributed by atoms with E-state index in [1.54, 1.807) is 24.2 Å². The average Bonchev–Trinajstić information content (AvgIpc) is 2.73. The van der Waals surface area contributed by atoms with Gasteiger partial charge in [0.15, 0.2) is 17.0 Å². The van der Waals surface area contributed by atoms with Crippen LogP contribution in [0.1, 0.15) is 6.92 Å². The number of hydrogen-bond donors (Lipinski definition) is 4. The number of pyridine rings is 1. The molecule has 2 heterocycles. The monoisotopic (exact) mass is 420 g/mol. The Kier molecular flexibility index (Phi) is 6.90. The van der Waals surface area contributed by atoms with Crippen molar-refractivity contribution in [2.75, 3.05) is 6.26 Å². The van der Waals surface area contributed by atoms with Gasteiger partial charge in [0.1, 0.15) is 12.2 Å². The Morgan fingerprint density at radius 1 is 1.11 bits per heavy atom. The largest absolute Gasteiger partial charge is 0.506 e. The first-order chi connectivity index (χ1) is 13.4.